The highest BCUT2D eigenvalue weighted by Gasteiger charge is 2.19. The summed E-state index contributed by atoms with van der Waals surface area (Å²) in [5.74, 6) is 1.03. The zero-order valence-electron chi connectivity index (χ0n) is 16.0. The largest absolute Gasteiger partial charge is 0.508 e. The van der Waals surface area contributed by atoms with Crippen molar-refractivity contribution in [3.63, 3.8) is 0 Å². The lowest BCUT2D eigenvalue weighted by molar-refractivity contribution is 0.100. The number of fused-ring (bicyclic) bond motifs is 1. The van der Waals surface area contributed by atoms with Crippen molar-refractivity contribution in [1.29, 1.82) is 0 Å². The topological polar surface area (TPSA) is 86.7 Å². The number of aromatic hydroxyl groups is 1. The molecule has 0 aliphatic carbocycles. The van der Waals surface area contributed by atoms with E-state index in [1.165, 1.54) is 0 Å². The Hall–Kier alpha value is -3.15. The van der Waals surface area contributed by atoms with E-state index in [0.717, 1.165) is 28.8 Å². The van der Waals surface area contributed by atoms with E-state index in [4.69, 9.17) is 15.2 Å². The summed E-state index contributed by atoms with van der Waals surface area (Å²) in [4.78, 5) is 12.0. The van der Waals surface area contributed by atoms with Crippen molar-refractivity contribution in [1.82, 2.24) is 4.57 Å². The molecule has 142 valence electrons. The molecule has 0 atom stereocenters. The SMILES string of the molecule is COc1ccc(CCn2c(C)c(C(N)=O)c3cc(O)c(C)cc32)cc1OC. The first-order valence-electron chi connectivity index (χ1n) is 8.70. The number of nitrogens with zero attached hydrogens (tertiary/aromatic N) is 1. The third-order valence-electron chi connectivity index (χ3n) is 4.96. The number of aromatic nitrogens is 1. The second-order valence-corrected chi connectivity index (χ2v) is 6.57. The number of phenolic OH excluding ortho intramolecular Hbond substituents is 1. The third-order valence-corrected chi connectivity index (χ3v) is 4.96. The maximum Gasteiger partial charge on any atom is 0.251 e. The Kier molecular flexibility index (Phi) is 4.99. The predicted molar refractivity (Wildman–Crippen MR) is 105 cm³/mol. The maximum atomic E-state index is 12.0. The molecule has 1 aromatic heterocycles. The van der Waals surface area contributed by atoms with Crippen LogP contribution in [0.1, 0.15) is 27.2 Å². The molecular formula is C21H24N2O4. The van der Waals surface area contributed by atoms with Gasteiger partial charge in [-0.15, -0.1) is 0 Å². The van der Waals surface area contributed by atoms with Gasteiger partial charge in [0.2, 0.25) is 0 Å². The van der Waals surface area contributed by atoms with Crippen LogP contribution in [0.25, 0.3) is 10.9 Å². The van der Waals surface area contributed by atoms with Crippen LogP contribution in [0.15, 0.2) is 30.3 Å². The molecule has 2 aromatic carbocycles. The number of phenols is 1. The lowest BCUT2D eigenvalue weighted by Crippen LogP contribution is -2.13. The maximum absolute atomic E-state index is 12.0. The molecule has 0 unspecified atom stereocenters. The minimum absolute atomic E-state index is 0.155. The molecule has 1 amide bonds. The molecule has 3 rings (SSSR count). The van der Waals surface area contributed by atoms with E-state index in [9.17, 15) is 9.90 Å². The van der Waals surface area contributed by atoms with Gasteiger partial charge in [0.25, 0.3) is 5.91 Å². The van der Waals surface area contributed by atoms with Gasteiger partial charge in [0.1, 0.15) is 5.75 Å². The van der Waals surface area contributed by atoms with E-state index in [1.54, 1.807) is 20.3 Å². The fraction of sp³-hybridized carbons (Fsp3) is 0.286. The summed E-state index contributed by atoms with van der Waals surface area (Å²) in [5, 5.41) is 10.7. The number of primary amides is 1. The summed E-state index contributed by atoms with van der Waals surface area (Å²) >= 11 is 0. The van der Waals surface area contributed by atoms with Gasteiger partial charge in [-0.1, -0.05) is 6.07 Å². The number of ether oxygens (including phenoxy) is 2. The number of aryl methyl sites for hydroxylation is 3. The highest BCUT2D eigenvalue weighted by atomic mass is 16.5. The Bertz CT molecular complexity index is 1020. The fourth-order valence-corrected chi connectivity index (χ4v) is 3.49. The van der Waals surface area contributed by atoms with Crippen molar-refractivity contribution in [3.05, 3.63) is 52.7 Å². The van der Waals surface area contributed by atoms with Crippen LogP contribution in [0.4, 0.5) is 0 Å². The summed E-state index contributed by atoms with van der Waals surface area (Å²) in [5.41, 5.74) is 9.57. The van der Waals surface area contributed by atoms with Gasteiger partial charge in [0, 0.05) is 23.1 Å². The molecule has 27 heavy (non-hydrogen) atoms. The lowest BCUT2D eigenvalue weighted by Gasteiger charge is -2.12. The molecule has 3 aromatic rings. The van der Waals surface area contributed by atoms with E-state index < -0.39 is 5.91 Å². The summed E-state index contributed by atoms with van der Waals surface area (Å²) in [6.07, 6.45) is 0.739. The molecule has 0 spiro atoms. The van der Waals surface area contributed by atoms with Crippen LogP contribution in [-0.4, -0.2) is 29.8 Å². The quantitative estimate of drug-likeness (QED) is 0.699. The number of rotatable bonds is 6. The van der Waals surface area contributed by atoms with Gasteiger partial charge in [-0.2, -0.15) is 0 Å². The summed E-state index contributed by atoms with van der Waals surface area (Å²) in [7, 11) is 3.22. The molecule has 1 heterocycles. The predicted octanol–water partition coefficient (Wildman–Crippen LogP) is 3.32. The average Bonchev–Trinajstić information content (AvgIpc) is 2.90. The zero-order chi connectivity index (χ0) is 19.7. The molecule has 0 aliphatic rings. The zero-order valence-corrected chi connectivity index (χ0v) is 16.0. The van der Waals surface area contributed by atoms with Gasteiger partial charge < -0.3 is 24.9 Å². The highest BCUT2D eigenvalue weighted by molar-refractivity contribution is 6.08. The Morgan fingerprint density at radius 2 is 1.81 bits per heavy atom. The van der Waals surface area contributed by atoms with Crippen molar-refractivity contribution >= 4 is 16.8 Å². The van der Waals surface area contributed by atoms with Crippen LogP contribution in [-0.2, 0) is 13.0 Å². The average molecular weight is 368 g/mol. The number of carbonyl (C=O) groups is 1. The van der Waals surface area contributed by atoms with Crippen molar-refractivity contribution in [2.45, 2.75) is 26.8 Å². The Morgan fingerprint density at radius 1 is 1.11 bits per heavy atom. The number of carbonyl (C=O) groups excluding carboxylic acids is 1. The molecule has 6 nitrogen and oxygen atoms in total. The first-order valence-corrected chi connectivity index (χ1v) is 8.70. The molecule has 0 radical (unpaired) electrons. The minimum Gasteiger partial charge on any atom is -0.508 e. The normalized spacial score (nSPS) is 11.0. The first-order chi connectivity index (χ1) is 12.9. The van der Waals surface area contributed by atoms with Gasteiger partial charge in [0.15, 0.2) is 11.5 Å². The second kappa shape index (κ2) is 7.23. The van der Waals surface area contributed by atoms with Gasteiger partial charge >= 0.3 is 0 Å². The third kappa shape index (κ3) is 3.30. The molecule has 0 saturated heterocycles. The number of hydrogen-bond donors (Lipinski definition) is 2. The van der Waals surface area contributed by atoms with Gasteiger partial charge in [-0.05, 0) is 55.7 Å². The molecule has 6 heteroatoms. The van der Waals surface area contributed by atoms with Gasteiger partial charge in [0.05, 0.1) is 19.8 Å². The fourth-order valence-electron chi connectivity index (χ4n) is 3.49. The van der Waals surface area contributed by atoms with E-state index in [1.807, 2.05) is 38.1 Å². The van der Waals surface area contributed by atoms with Crippen LogP contribution in [0.5, 0.6) is 17.2 Å². The monoisotopic (exact) mass is 368 g/mol. The smallest absolute Gasteiger partial charge is 0.251 e. The molecule has 0 bridgehead atoms. The van der Waals surface area contributed by atoms with E-state index in [-0.39, 0.29) is 5.75 Å². The van der Waals surface area contributed by atoms with Crippen LogP contribution in [0.3, 0.4) is 0 Å². The lowest BCUT2D eigenvalue weighted by atomic mass is 10.1. The van der Waals surface area contributed by atoms with E-state index in [0.29, 0.717) is 29.0 Å². The molecule has 0 aliphatic heterocycles. The minimum atomic E-state index is -0.495. The summed E-state index contributed by atoms with van der Waals surface area (Å²) < 4.78 is 12.7. The van der Waals surface area contributed by atoms with Crippen LogP contribution >= 0.6 is 0 Å². The summed E-state index contributed by atoms with van der Waals surface area (Å²) in [6.45, 7) is 4.37. The number of hydrogen-bond acceptors (Lipinski definition) is 4. The highest BCUT2D eigenvalue weighted by Crippen LogP contribution is 2.32. The number of nitrogens with two attached hydrogens (primary N) is 1. The van der Waals surface area contributed by atoms with Crippen molar-refractivity contribution in [3.8, 4) is 17.2 Å². The van der Waals surface area contributed by atoms with Crippen molar-refractivity contribution < 1.29 is 19.4 Å². The standard InChI is InChI=1S/C21H24N2O4/c1-12-9-16-15(11-17(12)24)20(21(22)25)13(2)23(16)8-7-14-5-6-18(26-3)19(10-14)27-4/h5-6,9-11,24H,7-8H2,1-4H3,(H2,22,25). The number of methoxy groups -OCH3 is 2. The Balaban J connectivity index is 2.01. The molecular weight excluding hydrogens is 344 g/mol. The molecule has 3 N–H and O–H groups in total. The van der Waals surface area contributed by atoms with Crippen molar-refractivity contribution in [2.75, 3.05) is 14.2 Å². The first kappa shape index (κ1) is 18.6. The molecule has 0 saturated carbocycles. The van der Waals surface area contributed by atoms with Gasteiger partial charge in [-0.25, -0.2) is 0 Å². The second-order valence-electron chi connectivity index (χ2n) is 6.57. The Labute approximate surface area is 158 Å². The number of amides is 1. The van der Waals surface area contributed by atoms with Crippen molar-refractivity contribution in [2.24, 2.45) is 5.73 Å². The van der Waals surface area contributed by atoms with Crippen LogP contribution in [0, 0.1) is 13.8 Å². The molecule has 0 fully saturated rings. The van der Waals surface area contributed by atoms with Crippen LogP contribution < -0.4 is 15.2 Å². The van der Waals surface area contributed by atoms with E-state index in [2.05, 4.69) is 4.57 Å². The van der Waals surface area contributed by atoms with Crippen LogP contribution in [0.2, 0.25) is 0 Å². The Morgan fingerprint density at radius 3 is 2.44 bits per heavy atom. The summed E-state index contributed by atoms with van der Waals surface area (Å²) in [6, 6.07) is 9.33. The van der Waals surface area contributed by atoms with E-state index >= 15 is 0 Å². The van der Waals surface area contributed by atoms with Gasteiger partial charge in [-0.3, -0.25) is 4.79 Å². The number of benzene rings is 2.